The Hall–Kier alpha value is -3.06. The fourth-order valence-corrected chi connectivity index (χ4v) is 4.19. The van der Waals surface area contributed by atoms with Crippen LogP contribution in [0.15, 0.2) is 48.7 Å². The van der Waals surface area contributed by atoms with Gasteiger partial charge in [-0.1, -0.05) is 18.2 Å². The van der Waals surface area contributed by atoms with Crippen molar-refractivity contribution >= 4 is 28.4 Å². The van der Waals surface area contributed by atoms with Gasteiger partial charge in [0.1, 0.15) is 5.82 Å². The molecule has 0 aliphatic carbocycles. The molecule has 29 heavy (non-hydrogen) atoms. The summed E-state index contributed by atoms with van der Waals surface area (Å²) in [5, 5.41) is 4.18. The van der Waals surface area contributed by atoms with Gasteiger partial charge in [0.2, 0.25) is 0 Å². The standard InChI is InChI=1S/C22H25N5O2/c28-22(24-21-7-6-18(15-23-21)25-10-12-29-13-11-25)26-8-3-9-27-19(16-26)14-17-4-1-2-5-20(17)27/h1-2,4-7,14-15H,3,8-13,16H2,(H,23,24,28). The molecule has 3 aromatic rings. The fourth-order valence-electron chi connectivity index (χ4n) is 4.19. The lowest BCUT2D eigenvalue weighted by atomic mass is 10.2. The molecule has 0 saturated carbocycles. The van der Waals surface area contributed by atoms with Gasteiger partial charge in [-0.2, -0.15) is 0 Å². The number of hydrogen-bond donors (Lipinski definition) is 1. The summed E-state index contributed by atoms with van der Waals surface area (Å²) in [6.07, 6.45) is 2.75. The van der Waals surface area contributed by atoms with Crippen LogP contribution in [0.5, 0.6) is 0 Å². The highest BCUT2D eigenvalue weighted by atomic mass is 16.5. The van der Waals surface area contributed by atoms with E-state index >= 15 is 0 Å². The van der Waals surface area contributed by atoms with E-state index in [1.165, 1.54) is 16.6 Å². The third-order valence-corrected chi connectivity index (χ3v) is 5.71. The molecule has 150 valence electrons. The van der Waals surface area contributed by atoms with Crippen molar-refractivity contribution in [2.24, 2.45) is 0 Å². The van der Waals surface area contributed by atoms with Crippen LogP contribution in [0.2, 0.25) is 0 Å². The van der Waals surface area contributed by atoms with E-state index in [0.29, 0.717) is 12.4 Å². The second-order valence-electron chi connectivity index (χ2n) is 7.55. The Morgan fingerprint density at radius 3 is 2.72 bits per heavy atom. The van der Waals surface area contributed by atoms with E-state index in [-0.39, 0.29) is 6.03 Å². The van der Waals surface area contributed by atoms with Crippen LogP contribution in [0.25, 0.3) is 10.9 Å². The van der Waals surface area contributed by atoms with Crippen LogP contribution < -0.4 is 10.2 Å². The van der Waals surface area contributed by atoms with E-state index in [0.717, 1.165) is 51.5 Å². The Labute approximate surface area is 169 Å². The molecular weight excluding hydrogens is 366 g/mol. The van der Waals surface area contributed by atoms with Gasteiger partial charge >= 0.3 is 6.03 Å². The lowest BCUT2D eigenvalue weighted by molar-refractivity contribution is 0.122. The second-order valence-corrected chi connectivity index (χ2v) is 7.55. The van der Waals surface area contributed by atoms with E-state index < -0.39 is 0 Å². The summed E-state index contributed by atoms with van der Waals surface area (Å²) >= 11 is 0. The Balaban J connectivity index is 1.28. The number of ether oxygens (including phenoxy) is 1. The largest absolute Gasteiger partial charge is 0.378 e. The third-order valence-electron chi connectivity index (χ3n) is 5.71. The first-order valence-corrected chi connectivity index (χ1v) is 10.2. The lowest BCUT2D eigenvalue weighted by Crippen LogP contribution is -2.36. The Morgan fingerprint density at radius 2 is 1.90 bits per heavy atom. The maximum Gasteiger partial charge on any atom is 0.323 e. The molecule has 0 radical (unpaired) electrons. The van der Waals surface area contributed by atoms with Crippen molar-refractivity contribution in [1.29, 1.82) is 0 Å². The highest BCUT2D eigenvalue weighted by Crippen LogP contribution is 2.24. The average Bonchev–Trinajstić information content (AvgIpc) is 2.97. The van der Waals surface area contributed by atoms with Gasteiger partial charge in [-0.25, -0.2) is 9.78 Å². The highest BCUT2D eigenvalue weighted by Gasteiger charge is 2.21. The molecule has 2 aliphatic rings. The summed E-state index contributed by atoms with van der Waals surface area (Å²) in [5.74, 6) is 0.580. The Kier molecular flexibility index (Phi) is 4.81. The maximum absolute atomic E-state index is 12.9. The number of morpholine rings is 1. The summed E-state index contributed by atoms with van der Waals surface area (Å²) in [5.41, 5.74) is 3.48. The molecule has 1 aromatic carbocycles. The van der Waals surface area contributed by atoms with Crippen LogP contribution in [0.1, 0.15) is 12.1 Å². The minimum absolute atomic E-state index is 0.102. The predicted octanol–water partition coefficient (Wildman–Crippen LogP) is 3.31. The van der Waals surface area contributed by atoms with E-state index in [4.69, 9.17) is 4.74 Å². The molecule has 1 saturated heterocycles. The van der Waals surface area contributed by atoms with Gasteiger partial charge in [-0.3, -0.25) is 5.32 Å². The molecule has 2 amide bonds. The zero-order valence-electron chi connectivity index (χ0n) is 16.4. The van der Waals surface area contributed by atoms with Crippen molar-refractivity contribution in [2.75, 3.05) is 43.1 Å². The number of benzene rings is 1. The van der Waals surface area contributed by atoms with Gasteiger partial charge in [0.25, 0.3) is 0 Å². The van der Waals surface area contributed by atoms with Crippen LogP contribution in [-0.4, -0.2) is 53.3 Å². The maximum atomic E-state index is 12.9. The zero-order chi connectivity index (χ0) is 19.6. The first-order chi connectivity index (χ1) is 14.3. The summed E-state index contributed by atoms with van der Waals surface area (Å²) < 4.78 is 7.72. The van der Waals surface area contributed by atoms with Gasteiger partial charge in [0.05, 0.1) is 31.6 Å². The minimum atomic E-state index is -0.102. The Morgan fingerprint density at radius 1 is 1.03 bits per heavy atom. The van der Waals surface area contributed by atoms with Crippen molar-refractivity contribution in [3.05, 3.63) is 54.4 Å². The number of anilines is 2. The number of urea groups is 1. The summed E-state index contributed by atoms with van der Waals surface area (Å²) in [7, 11) is 0. The van der Waals surface area contributed by atoms with Crippen molar-refractivity contribution in [1.82, 2.24) is 14.5 Å². The molecule has 1 N–H and O–H groups in total. The van der Waals surface area contributed by atoms with Gasteiger partial charge < -0.3 is 19.1 Å². The van der Waals surface area contributed by atoms with Gasteiger partial charge in [0.15, 0.2) is 0 Å². The van der Waals surface area contributed by atoms with E-state index in [2.05, 4.69) is 50.1 Å². The number of nitrogens with one attached hydrogen (secondary N) is 1. The SMILES string of the molecule is O=C(Nc1ccc(N2CCOCC2)cn1)N1CCCn2c(cc3ccccc32)C1. The number of carbonyl (C=O) groups excluding carboxylic acids is 1. The number of fused-ring (bicyclic) bond motifs is 3. The molecule has 7 heteroatoms. The number of carbonyl (C=O) groups is 1. The molecular formula is C22H25N5O2. The van der Waals surface area contributed by atoms with Crippen LogP contribution in [0, 0.1) is 0 Å². The molecule has 2 aromatic heterocycles. The quantitative estimate of drug-likeness (QED) is 0.728. The minimum Gasteiger partial charge on any atom is -0.378 e. The van der Waals surface area contributed by atoms with Crippen molar-refractivity contribution in [3.63, 3.8) is 0 Å². The summed E-state index contributed by atoms with van der Waals surface area (Å²) in [6, 6.07) is 14.4. The normalized spacial score (nSPS) is 17.1. The van der Waals surface area contributed by atoms with E-state index in [9.17, 15) is 4.79 Å². The first kappa shape index (κ1) is 18.0. The number of rotatable bonds is 2. The van der Waals surface area contributed by atoms with E-state index in [1.54, 1.807) is 0 Å². The van der Waals surface area contributed by atoms with Crippen LogP contribution >= 0.6 is 0 Å². The zero-order valence-corrected chi connectivity index (χ0v) is 16.4. The van der Waals surface area contributed by atoms with Crippen molar-refractivity contribution in [2.45, 2.75) is 19.5 Å². The number of para-hydroxylation sites is 1. The molecule has 0 unspecified atom stereocenters. The number of hydrogen-bond acceptors (Lipinski definition) is 4. The molecule has 7 nitrogen and oxygen atoms in total. The highest BCUT2D eigenvalue weighted by molar-refractivity contribution is 5.88. The molecule has 0 spiro atoms. The summed E-state index contributed by atoms with van der Waals surface area (Å²) in [4.78, 5) is 21.4. The lowest BCUT2D eigenvalue weighted by Gasteiger charge is -2.28. The number of pyridine rings is 1. The molecule has 0 atom stereocenters. The van der Waals surface area contributed by atoms with Crippen LogP contribution in [0.4, 0.5) is 16.3 Å². The number of aryl methyl sites for hydroxylation is 1. The molecule has 2 aliphatic heterocycles. The fraction of sp³-hybridized carbons (Fsp3) is 0.364. The smallest absolute Gasteiger partial charge is 0.323 e. The number of nitrogens with zero attached hydrogens (tertiary/aromatic N) is 4. The van der Waals surface area contributed by atoms with Gasteiger partial charge in [-0.15, -0.1) is 0 Å². The third kappa shape index (κ3) is 3.65. The molecule has 5 rings (SSSR count). The van der Waals surface area contributed by atoms with Gasteiger partial charge in [0, 0.05) is 37.4 Å². The number of amides is 2. The molecule has 1 fully saturated rings. The van der Waals surface area contributed by atoms with E-state index in [1.807, 2.05) is 23.2 Å². The topological polar surface area (TPSA) is 62.6 Å². The van der Waals surface area contributed by atoms with Crippen molar-refractivity contribution < 1.29 is 9.53 Å². The van der Waals surface area contributed by atoms with Crippen LogP contribution in [0.3, 0.4) is 0 Å². The molecule has 4 heterocycles. The summed E-state index contributed by atoms with van der Waals surface area (Å²) in [6.45, 7) is 5.48. The molecule has 0 bridgehead atoms. The monoisotopic (exact) mass is 391 g/mol. The Bertz CT molecular complexity index is 1010. The van der Waals surface area contributed by atoms with Crippen molar-refractivity contribution in [3.8, 4) is 0 Å². The van der Waals surface area contributed by atoms with Gasteiger partial charge in [-0.05, 0) is 36.1 Å². The predicted molar refractivity (Wildman–Crippen MR) is 113 cm³/mol. The first-order valence-electron chi connectivity index (χ1n) is 10.2. The average molecular weight is 391 g/mol. The van der Waals surface area contributed by atoms with Crippen LogP contribution in [-0.2, 0) is 17.8 Å². The number of aromatic nitrogens is 2. The second kappa shape index (κ2) is 7.75.